The summed E-state index contributed by atoms with van der Waals surface area (Å²) in [5, 5.41) is 13.5. The highest BCUT2D eigenvalue weighted by Crippen LogP contribution is 2.37. The van der Waals surface area contributed by atoms with Crippen molar-refractivity contribution in [3.63, 3.8) is 0 Å². The number of aliphatic carboxylic acids is 1. The summed E-state index contributed by atoms with van der Waals surface area (Å²) < 4.78 is 6.20. The zero-order valence-corrected chi connectivity index (χ0v) is 20.6. The van der Waals surface area contributed by atoms with Crippen molar-refractivity contribution in [3.05, 3.63) is 125 Å². The third-order valence-corrected chi connectivity index (χ3v) is 6.77. The second kappa shape index (κ2) is 9.79. The molecule has 0 unspecified atom stereocenters. The lowest BCUT2D eigenvalue weighted by Crippen LogP contribution is -2.27. The number of carboxylic acid groups (broad SMARTS) is 1. The normalized spacial score (nSPS) is 11.1. The summed E-state index contributed by atoms with van der Waals surface area (Å²) in [6, 6.07) is 31.3. The Bertz CT molecular complexity index is 1920. The minimum absolute atomic E-state index is 0.0835. The molecule has 7 nitrogen and oxygen atoms in total. The van der Waals surface area contributed by atoms with Gasteiger partial charge in [0.2, 0.25) is 0 Å². The molecule has 7 heteroatoms. The highest BCUT2D eigenvalue weighted by atomic mass is 16.4. The molecule has 1 amide bonds. The number of hydrogen-bond donors (Lipinski definition) is 3. The maximum atomic E-state index is 12.7. The Morgan fingerprint density at radius 2 is 1.44 bits per heavy atom. The molecule has 0 bridgehead atoms. The van der Waals surface area contributed by atoms with Gasteiger partial charge < -0.3 is 19.8 Å². The lowest BCUT2D eigenvalue weighted by atomic mass is 9.93. The van der Waals surface area contributed by atoms with E-state index in [1.165, 1.54) is 0 Å². The fourth-order valence-corrected chi connectivity index (χ4v) is 4.91. The monoisotopic (exact) mass is 514 g/mol. The van der Waals surface area contributed by atoms with Gasteiger partial charge in [0.05, 0.1) is 0 Å². The zero-order chi connectivity index (χ0) is 26.9. The van der Waals surface area contributed by atoms with E-state index in [2.05, 4.69) is 10.3 Å². The molecular formula is C32H22N2O5. The van der Waals surface area contributed by atoms with Crippen LogP contribution in [0.15, 0.2) is 112 Å². The summed E-state index contributed by atoms with van der Waals surface area (Å²) in [6.45, 7) is 0. The molecule has 0 aliphatic heterocycles. The summed E-state index contributed by atoms with van der Waals surface area (Å²) in [6.07, 6.45) is 1.90. The van der Waals surface area contributed by atoms with Crippen LogP contribution in [0.2, 0.25) is 0 Å². The van der Waals surface area contributed by atoms with Crippen LogP contribution in [0.1, 0.15) is 11.1 Å². The van der Waals surface area contributed by atoms with Crippen molar-refractivity contribution in [2.24, 2.45) is 0 Å². The first-order valence-corrected chi connectivity index (χ1v) is 12.3. The molecule has 4 aromatic carbocycles. The lowest BCUT2D eigenvalue weighted by molar-refractivity contribution is -0.147. The number of fused-ring (bicyclic) bond motifs is 3. The van der Waals surface area contributed by atoms with Gasteiger partial charge in [-0.2, -0.15) is 0 Å². The molecule has 0 aliphatic carbocycles. The van der Waals surface area contributed by atoms with E-state index in [-0.39, 0.29) is 5.69 Å². The number of aromatic nitrogens is 1. The lowest BCUT2D eigenvalue weighted by Gasteiger charge is -2.15. The Hall–Kier alpha value is -5.43. The molecule has 2 heterocycles. The number of aromatic amines is 1. The molecule has 0 saturated heterocycles. The molecular weight excluding hydrogens is 492 g/mol. The number of amides is 1. The quantitative estimate of drug-likeness (QED) is 0.236. The van der Waals surface area contributed by atoms with Crippen molar-refractivity contribution in [2.75, 3.05) is 5.32 Å². The molecule has 2 aromatic heterocycles. The maximum Gasteiger partial charge on any atom is 0.394 e. The first-order valence-electron chi connectivity index (χ1n) is 12.3. The second-order valence-electron chi connectivity index (χ2n) is 9.16. The highest BCUT2D eigenvalue weighted by Gasteiger charge is 2.20. The first kappa shape index (κ1) is 23.9. The van der Waals surface area contributed by atoms with Crippen LogP contribution in [0.4, 0.5) is 5.69 Å². The molecule has 0 fully saturated rings. The van der Waals surface area contributed by atoms with E-state index in [1.54, 1.807) is 6.20 Å². The summed E-state index contributed by atoms with van der Waals surface area (Å²) >= 11 is 0. The van der Waals surface area contributed by atoms with Crippen molar-refractivity contribution in [1.82, 2.24) is 4.98 Å². The van der Waals surface area contributed by atoms with E-state index in [9.17, 15) is 14.4 Å². The average Bonchev–Trinajstić information content (AvgIpc) is 3.34. The van der Waals surface area contributed by atoms with Crippen LogP contribution >= 0.6 is 0 Å². The smallest absolute Gasteiger partial charge is 0.394 e. The third kappa shape index (κ3) is 4.46. The zero-order valence-electron chi connectivity index (χ0n) is 20.6. The van der Waals surface area contributed by atoms with Gasteiger partial charge in [0, 0.05) is 34.5 Å². The number of rotatable bonds is 5. The third-order valence-electron chi connectivity index (χ3n) is 6.77. The Kier molecular flexibility index (Phi) is 6.01. The number of pyridine rings is 1. The predicted molar refractivity (Wildman–Crippen MR) is 151 cm³/mol. The van der Waals surface area contributed by atoms with Gasteiger partial charge in [0.1, 0.15) is 16.9 Å². The Balaban J connectivity index is 1.45. The van der Waals surface area contributed by atoms with E-state index in [0.717, 1.165) is 44.2 Å². The van der Waals surface area contributed by atoms with E-state index in [0.29, 0.717) is 17.5 Å². The van der Waals surface area contributed by atoms with Crippen LogP contribution in [-0.2, 0) is 16.0 Å². The predicted octanol–water partition coefficient (Wildman–Crippen LogP) is 6.22. The molecule has 6 rings (SSSR count). The topological polar surface area (TPSA) is 112 Å². The summed E-state index contributed by atoms with van der Waals surface area (Å²) in [4.78, 5) is 38.6. The Morgan fingerprint density at radius 3 is 2.18 bits per heavy atom. The number of para-hydroxylation sites is 2. The van der Waals surface area contributed by atoms with Gasteiger partial charge in [-0.05, 0) is 28.3 Å². The van der Waals surface area contributed by atoms with E-state index < -0.39 is 17.4 Å². The summed E-state index contributed by atoms with van der Waals surface area (Å²) in [5.41, 5.74) is 5.77. The number of carboxylic acids is 1. The standard InChI is InChI=1S/C32H22N2O5/c35-30-28(34-31(36)32(37)38)25(17-19-7-2-1-3-8-19)26(18-33-30)21-15-13-20(14-16-21)22-10-6-11-24-23-9-4-5-12-27(23)39-29(22)24/h1-16,18H,17H2,(H,33,35)(H,34,36)(H,37,38). The van der Waals surface area contributed by atoms with Crippen LogP contribution in [-0.4, -0.2) is 22.0 Å². The SMILES string of the molecule is O=C(O)C(=O)Nc1c(Cc2ccccc2)c(-c2ccc(-c3cccc4c3oc3ccccc34)cc2)c[nH]c1=O. The van der Waals surface area contributed by atoms with E-state index in [1.807, 2.05) is 97.1 Å². The molecule has 0 atom stereocenters. The second-order valence-corrected chi connectivity index (χ2v) is 9.16. The van der Waals surface area contributed by atoms with Crippen LogP contribution in [0.25, 0.3) is 44.2 Å². The average molecular weight is 515 g/mol. The van der Waals surface area contributed by atoms with Gasteiger partial charge in [-0.1, -0.05) is 91.0 Å². The van der Waals surface area contributed by atoms with Gasteiger partial charge in [-0.3, -0.25) is 9.59 Å². The van der Waals surface area contributed by atoms with Gasteiger partial charge in [-0.15, -0.1) is 0 Å². The fourth-order valence-electron chi connectivity index (χ4n) is 4.91. The molecule has 190 valence electrons. The van der Waals surface area contributed by atoms with Crippen molar-refractivity contribution >= 4 is 39.5 Å². The Morgan fingerprint density at radius 1 is 0.769 bits per heavy atom. The number of furan rings is 1. The number of H-pyrrole nitrogens is 1. The Labute approximate surface area is 222 Å². The number of hydrogen-bond acceptors (Lipinski definition) is 4. The number of nitrogens with one attached hydrogen (secondary N) is 2. The van der Waals surface area contributed by atoms with E-state index >= 15 is 0 Å². The van der Waals surface area contributed by atoms with Crippen LogP contribution < -0.4 is 10.9 Å². The minimum atomic E-state index is -1.67. The highest BCUT2D eigenvalue weighted by molar-refractivity contribution is 6.36. The molecule has 0 spiro atoms. The number of carbonyl (C=O) groups is 2. The summed E-state index contributed by atoms with van der Waals surface area (Å²) in [5.74, 6) is -2.95. The van der Waals surface area contributed by atoms with Crippen LogP contribution in [0, 0.1) is 0 Å². The van der Waals surface area contributed by atoms with Crippen molar-refractivity contribution in [3.8, 4) is 22.3 Å². The fraction of sp³-hybridized carbons (Fsp3) is 0.0312. The van der Waals surface area contributed by atoms with Crippen molar-refractivity contribution < 1.29 is 19.1 Å². The van der Waals surface area contributed by atoms with Gasteiger partial charge >= 0.3 is 11.9 Å². The minimum Gasteiger partial charge on any atom is -0.474 e. The van der Waals surface area contributed by atoms with Crippen LogP contribution in [0.5, 0.6) is 0 Å². The maximum absolute atomic E-state index is 12.7. The van der Waals surface area contributed by atoms with Crippen molar-refractivity contribution in [2.45, 2.75) is 6.42 Å². The number of carbonyl (C=O) groups excluding carboxylic acids is 1. The largest absolute Gasteiger partial charge is 0.474 e. The summed E-state index contributed by atoms with van der Waals surface area (Å²) in [7, 11) is 0. The molecule has 0 radical (unpaired) electrons. The van der Waals surface area contributed by atoms with Crippen LogP contribution in [0.3, 0.4) is 0 Å². The van der Waals surface area contributed by atoms with Gasteiger partial charge in [-0.25, -0.2) is 4.79 Å². The van der Waals surface area contributed by atoms with Gasteiger partial charge in [0.25, 0.3) is 5.56 Å². The molecule has 0 aliphatic rings. The number of anilines is 1. The molecule has 6 aromatic rings. The van der Waals surface area contributed by atoms with E-state index in [4.69, 9.17) is 9.52 Å². The molecule has 3 N–H and O–H groups in total. The molecule has 39 heavy (non-hydrogen) atoms. The van der Waals surface area contributed by atoms with Crippen molar-refractivity contribution in [1.29, 1.82) is 0 Å². The number of benzene rings is 4. The van der Waals surface area contributed by atoms with Gasteiger partial charge in [0.15, 0.2) is 0 Å². The first-order chi connectivity index (χ1) is 19.0. The molecule has 0 saturated carbocycles.